The molecule has 2 heterocycles. The van der Waals surface area contributed by atoms with Gasteiger partial charge in [-0.25, -0.2) is 0 Å². The van der Waals surface area contributed by atoms with Crippen molar-refractivity contribution in [1.29, 1.82) is 0 Å². The predicted molar refractivity (Wildman–Crippen MR) is 75.5 cm³/mol. The van der Waals surface area contributed by atoms with Crippen LogP contribution in [0.5, 0.6) is 0 Å². The molecule has 2 aromatic heterocycles. The van der Waals surface area contributed by atoms with Crippen molar-refractivity contribution < 1.29 is 4.74 Å². The van der Waals surface area contributed by atoms with Crippen molar-refractivity contribution in [2.24, 2.45) is 7.05 Å². The van der Waals surface area contributed by atoms with E-state index in [2.05, 4.69) is 32.6 Å². The van der Waals surface area contributed by atoms with Crippen LogP contribution >= 0.6 is 0 Å². The van der Waals surface area contributed by atoms with Gasteiger partial charge in [0.2, 0.25) is 5.95 Å². The number of ether oxygens (including phenoxy) is 1. The second-order valence-electron chi connectivity index (χ2n) is 4.25. The lowest BCUT2D eigenvalue weighted by Crippen LogP contribution is -2.12. The van der Waals surface area contributed by atoms with Crippen LogP contribution in [0.25, 0.3) is 11.0 Å². The third kappa shape index (κ3) is 3.11. The number of methoxy groups -OCH3 is 1. The minimum absolute atomic E-state index is 0.590. The van der Waals surface area contributed by atoms with Crippen LogP contribution in [0.15, 0.2) is 6.20 Å². The fraction of sp³-hybridized carbons (Fsp3) is 0.583. The maximum Gasteiger partial charge on any atom is 0.226 e. The molecule has 0 radical (unpaired) electrons. The normalized spacial score (nSPS) is 10.9. The summed E-state index contributed by atoms with van der Waals surface area (Å²) in [5, 5.41) is 11.6. The average molecular weight is 264 g/mol. The number of nitrogens with zero attached hydrogens (tertiary/aromatic N) is 4. The van der Waals surface area contributed by atoms with Crippen molar-refractivity contribution in [2.45, 2.75) is 13.3 Å². The smallest absolute Gasteiger partial charge is 0.226 e. The summed E-state index contributed by atoms with van der Waals surface area (Å²) >= 11 is 0. The van der Waals surface area contributed by atoms with E-state index in [1.54, 1.807) is 18.0 Å². The van der Waals surface area contributed by atoms with Crippen molar-refractivity contribution in [3.05, 3.63) is 6.20 Å². The minimum atomic E-state index is 0.590. The molecule has 2 aromatic rings. The third-order valence-corrected chi connectivity index (χ3v) is 2.72. The van der Waals surface area contributed by atoms with E-state index < -0.39 is 0 Å². The summed E-state index contributed by atoms with van der Waals surface area (Å²) in [4.78, 5) is 8.94. The lowest BCUT2D eigenvalue weighted by atomic mass is 10.3. The summed E-state index contributed by atoms with van der Waals surface area (Å²) in [6, 6.07) is 0. The Hall–Kier alpha value is -1.89. The summed E-state index contributed by atoms with van der Waals surface area (Å²) < 4.78 is 6.75. The zero-order valence-electron chi connectivity index (χ0n) is 11.6. The van der Waals surface area contributed by atoms with E-state index in [9.17, 15) is 0 Å². The first-order chi connectivity index (χ1) is 9.26. The van der Waals surface area contributed by atoms with Crippen LogP contribution in [-0.2, 0) is 11.8 Å². The van der Waals surface area contributed by atoms with Gasteiger partial charge in [-0.05, 0) is 6.42 Å². The Bertz CT molecular complexity index is 538. The number of hydrogen-bond acceptors (Lipinski definition) is 6. The van der Waals surface area contributed by atoms with Gasteiger partial charge in [-0.2, -0.15) is 15.1 Å². The molecule has 7 nitrogen and oxygen atoms in total. The first-order valence-electron chi connectivity index (χ1n) is 6.42. The molecule has 0 spiro atoms. The van der Waals surface area contributed by atoms with Gasteiger partial charge in [-0.1, -0.05) is 6.92 Å². The fourth-order valence-corrected chi connectivity index (χ4v) is 1.74. The molecule has 2 rings (SSSR count). The molecule has 0 aliphatic rings. The number of aromatic nitrogens is 4. The molecular formula is C12H20N6O. The molecule has 0 saturated heterocycles. The van der Waals surface area contributed by atoms with Gasteiger partial charge < -0.3 is 15.4 Å². The van der Waals surface area contributed by atoms with Crippen LogP contribution in [0.4, 0.5) is 11.8 Å². The summed E-state index contributed by atoms with van der Waals surface area (Å²) in [7, 11) is 3.54. The predicted octanol–water partition coefficient (Wildman–Crippen LogP) is 1.24. The molecule has 0 fully saturated rings. The molecule has 0 amide bonds. The topological polar surface area (TPSA) is 76.9 Å². The number of fused-ring (bicyclic) bond motifs is 1. The molecule has 7 heteroatoms. The Labute approximate surface area is 112 Å². The lowest BCUT2D eigenvalue weighted by molar-refractivity contribution is 0.210. The van der Waals surface area contributed by atoms with Gasteiger partial charge in [0, 0.05) is 27.2 Å². The quantitative estimate of drug-likeness (QED) is 0.733. The van der Waals surface area contributed by atoms with Crippen molar-refractivity contribution >= 4 is 22.8 Å². The van der Waals surface area contributed by atoms with Crippen LogP contribution in [0.1, 0.15) is 13.3 Å². The van der Waals surface area contributed by atoms with E-state index in [-0.39, 0.29) is 0 Å². The average Bonchev–Trinajstić information content (AvgIpc) is 2.78. The van der Waals surface area contributed by atoms with E-state index >= 15 is 0 Å². The second-order valence-corrected chi connectivity index (χ2v) is 4.25. The molecule has 0 aliphatic heterocycles. The van der Waals surface area contributed by atoms with Crippen LogP contribution < -0.4 is 10.6 Å². The van der Waals surface area contributed by atoms with E-state index in [0.29, 0.717) is 19.1 Å². The molecule has 19 heavy (non-hydrogen) atoms. The Morgan fingerprint density at radius 2 is 2.11 bits per heavy atom. The summed E-state index contributed by atoms with van der Waals surface area (Å²) in [6.07, 6.45) is 2.82. The fourth-order valence-electron chi connectivity index (χ4n) is 1.74. The first kappa shape index (κ1) is 13.5. The third-order valence-electron chi connectivity index (χ3n) is 2.72. The van der Waals surface area contributed by atoms with Gasteiger partial charge in [0.1, 0.15) is 5.82 Å². The van der Waals surface area contributed by atoms with E-state index in [0.717, 1.165) is 29.8 Å². The lowest BCUT2D eigenvalue weighted by Gasteiger charge is -2.09. The highest BCUT2D eigenvalue weighted by Gasteiger charge is 2.10. The van der Waals surface area contributed by atoms with Gasteiger partial charge in [0.15, 0.2) is 5.65 Å². The van der Waals surface area contributed by atoms with Crippen molar-refractivity contribution in [1.82, 2.24) is 19.7 Å². The van der Waals surface area contributed by atoms with Crippen molar-refractivity contribution in [3.63, 3.8) is 0 Å². The Kier molecular flexibility index (Phi) is 4.51. The summed E-state index contributed by atoms with van der Waals surface area (Å²) in [5.41, 5.74) is 0.813. The maximum absolute atomic E-state index is 5.00. The van der Waals surface area contributed by atoms with Crippen LogP contribution in [-0.4, -0.2) is 46.6 Å². The summed E-state index contributed by atoms with van der Waals surface area (Å²) in [6.45, 7) is 4.28. The molecule has 0 aliphatic carbocycles. The Morgan fingerprint density at radius 3 is 2.84 bits per heavy atom. The van der Waals surface area contributed by atoms with Gasteiger partial charge in [-0.3, -0.25) is 4.68 Å². The summed E-state index contributed by atoms with van der Waals surface area (Å²) in [5.74, 6) is 1.41. The number of hydrogen-bond donors (Lipinski definition) is 2. The second kappa shape index (κ2) is 6.33. The molecule has 0 atom stereocenters. The molecular weight excluding hydrogens is 244 g/mol. The molecule has 0 unspecified atom stereocenters. The molecule has 0 aromatic carbocycles. The van der Waals surface area contributed by atoms with Gasteiger partial charge in [0.05, 0.1) is 18.2 Å². The largest absolute Gasteiger partial charge is 0.383 e. The monoisotopic (exact) mass is 264 g/mol. The zero-order valence-corrected chi connectivity index (χ0v) is 11.6. The molecule has 0 bridgehead atoms. The molecule has 0 saturated carbocycles. The van der Waals surface area contributed by atoms with E-state index in [1.165, 1.54) is 0 Å². The van der Waals surface area contributed by atoms with E-state index in [4.69, 9.17) is 4.74 Å². The van der Waals surface area contributed by atoms with Gasteiger partial charge in [0.25, 0.3) is 0 Å². The maximum atomic E-state index is 5.00. The van der Waals surface area contributed by atoms with Crippen molar-refractivity contribution in [3.8, 4) is 0 Å². The van der Waals surface area contributed by atoms with Crippen LogP contribution in [0.3, 0.4) is 0 Å². The Balaban J connectivity index is 2.28. The van der Waals surface area contributed by atoms with Crippen LogP contribution in [0, 0.1) is 0 Å². The zero-order chi connectivity index (χ0) is 13.7. The number of rotatable bonds is 7. The minimum Gasteiger partial charge on any atom is -0.383 e. The van der Waals surface area contributed by atoms with Gasteiger partial charge >= 0.3 is 0 Å². The SMILES string of the molecule is CCCNc1nc(NCCOC)nc2c1cnn2C. The number of aryl methyl sites for hydroxylation is 1. The highest BCUT2D eigenvalue weighted by Crippen LogP contribution is 2.21. The highest BCUT2D eigenvalue weighted by atomic mass is 16.5. The standard InChI is InChI=1S/C12H20N6O/c1-4-5-13-10-9-8-15-18(2)11(9)17-12(16-10)14-6-7-19-3/h8H,4-7H2,1-3H3,(H2,13,14,16,17). The highest BCUT2D eigenvalue weighted by molar-refractivity contribution is 5.87. The van der Waals surface area contributed by atoms with E-state index in [1.807, 2.05) is 7.05 Å². The van der Waals surface area contributed by atoms with Gasteiger partial charge in [-0.15, -0.1) is 0 Å². The number of anilines is 2. The molecule has 104 valence electrons. The first-order valence-corrected chi connectivity index (χ1v) is 6.42. The van der Waals surface area contributed by atoms with Crippen LogP contribution in [0.2, 0.25) is 0 Å². The number of nitrogens with one attached hydrogen (secondary N) is 2. The molecule has 2 N–H and O–H groups in total. The Morgan fingerprint density at radius 1 is 1.26 bits per heavy atom. The van der Waals surface area contributed by atoms with Crippen molar-refractivity contribution in [2.75, 3.05) is 37.4 Å².